The minimum atomic E-state index is -0.781. The van der Waals surface area contributed by atoms with Crippen molar-refractivity contribution in [2.24, 2.45) is 0 Å². The molecule has 0 amide bonds. The van der Waals surface area contributed by atoms with E-state index in [1.54, 1.807) is 6.92 Å². The summed E-state index contributed by atoms with van der Waals surface area (Å²) in [6.45, 7) is 2.25. The first kappa shape index (κ1) is 14.1. The van der Waals surface area contributed by atoms with Gasteiger partial charge in [-0.2, -0.15) is 0 Å². The predicted molar refractivity (Wildman–Crippen MR) is 73.6 cm³/mol. The molecule has 0 spiro atoms. The molecule has 1 saturated carbocycles. The lowest BCUT2D eigenvalue weighted by molar-refractivity contribution is 0.550. The molecule has 2 heterocycles. The number of pyridine rings is 1. The zero-order valence-electron chi connectivity index (χ0n) is 11.2. The standard InChI is InChI=1S/C12H13F2N5OS/c1-2-15-9-7(13)5-8(14)10(16-9)21-12-18-17-11(20)19(12)6-3-4-6/h5-6H,2-4H2,1H3,(H,15,16)(H,17,20). The Morgan fingerprint density at radius 2 is 2.24 bits per heavy atom. The average Bonchev–Trinajstić information content (AvgIpc) is 3.20. The third kappa shape index (κ3) is 2.78. The van der Waals surface area contributed by atoms with Crippen LogP contribution in [0.2, 0.25) is 0 Å². The van der Waals surface area contributed by atoms with Crippen molar-refractivity contribution in [2.75, 3.05) is 11.9 Å². The summed E-state index contributed by atoms with van der Waals surface area (Å²) in [6.07, 6.45) is 1.80. The van der Waals surface area contributed by atoms with Crippen molar-refractivity contribution in [3.05, 3.63) is 28.2 Å². The van der Waals surface area contributed by atoms with Crippen LogP contribution in [-0.2, 0) is 0 Å². The van der Waals surface area contributed by atoms with Gasteiger partial charge in [0, 0.05) is 18.7 Å². The van der Waals surface area contributed by atoms with Crippen LogP contribution in [0.25, 0.3) is 0 Å². The van der Waals surface area contributed by atoms with Crippen LogP contribution in [0.3, 0.4) is 0 Å². The van der Waals surface area contributed by atoms with Crippen LogP contribution in [0.15, 0.2) is 21.0 Å². The van der Waals surface area contributed by atoms with Crippen LogP contribution in [0.5, 0.6) is 0 Å². The van der Waals surface area contributed by atoms with Gasteiger partial charge in [0.2, 0.25) is 0 Å². The van der Waals surface area contributed by atoms with Gasteiger partial charge < -0.3 is 5.32 Å². The fraction of sp³-hybridized carbons (Fsp3) is 0.417. The third-order valence-electron chi connectivity index (χ3n) is 3.01. The van der Waals surface area contributed by atoms with Gasteiger partial charge >= 0.3 is 5.69 Å². The van der Waals surface area contributed by atoms with Crippen molar-refractivity contribution < 1.29 is 8.78 Å². The van der Waals surface area contributed by atoms with Gasteiger partial charge in [-0.3, -0.25) is 4.57 Å². The normalized spacial score (nSPS) is 14.4. The molecule has 2 aromatic heterocycles. The first-order chi connectivity index (χ1) is 10.1. The summed E-state index contributed by atoms with van der Waals surface area (Å²) < 4.78 is 28.8. The van der Waals surface area contributed by atoms with E-state index in [9.17, 15) is 13.6 Å². The highest BCUT2D eigenvalue weighted by Gasteiger charge is 2.29. The smallest absolute Gasteiger partial charge is 0.344 e. The number of H-pyrrole nitrogens is 1. The Morgan fingerprint density at radius 1 is 1.48 bits per heavy atom. The molecule has 0 atom stereocenters. The number of aromatic nitrogens is 4. The van der Waals surface area contributed by atoms with Crippen LogP contribution >= 0.6 is 11.8 Å². The molecule has 2 aromatic rings. The molecule has 0 aliphatic heterocycles. The van der Waals surface area contributed by atoms with Gasteiger partial charge in [0.15, 0.2) is 22.6 Å². The van der Waals surface area contributed by atoms with Crippen molar-refractivity contribution in [2.45, 2.75) is 36.0 Å². The molecule has 0 radical (unpaired) electrons. The van der Waals surface area contributed by atoms with E-state index in [0.29, 0.717) is 11.7 Å². The van der Waals surface area contributed by atoms with E-state index in [0.717, 1.165) is 30.7 Å². The lowest BCUT2D eigenvalue weighted by Crippen LogP contribution is -2.16. The van der Waals surface area contributed by atoms with Crippen LogP contribution in [0.4, 0.5) is 14.6 Å². The number of anilines is 1. The molecule has 1 fully saturated rings. The number of hydrogen-bond acceptors (Lipinski definition) is 5. The van der Waals surface area contributed by atoms with Gasteiger partial charge in [-0.05, 0) is 31.5 Å². The number of rotatable bonds is 5. The van der Waals surface area contributed by atoms with Gasteiger partial charge in [0.05, 0.1) is 0 Å². The summed E-state index contributed by atoms with van der Waals surface area (Å²) in [7, 11) is 0. The van der Waals surface area contributed by atoms with Crippen LogP contribution in [0, 0.1) is 11.6 Å². The zero-order valence-corrected chi connectivity index (χ0v) is 12.0. The molecule has 6 nitrogen and oxygen atoms in total. The molecule has 1 aliphatic carbocycles. The molecule has 0 unspecified atom stereocenters. The minimum Gasteiger partial charge on any atom is -0.368 e. The Morgan fingerprint density at radius 3 is 2.90 bits per heavy atom. The first-order valence-corrected chi connectivity index (χ1v) is 7.36. The van der Waals surface area contributed by atoms with E-state index >= 15 is 0 Å². The van der Waals surface area contributed by atoms with E-state index < -0.39 is 11.6 Å². The van der Waals surface area contributed by atoms with Gasteiger partial charge in [-0.15, -0.1) is 5.10 Å². The van der Waals surface area contributed by atoms with Crippen molar-refractivity contribution in [1.29, 1.82) is 0 Å². The Kier molecular flexibility index (Phi) is 3.66. The largest absolute Gasteiger partial charge is 0.368 e. The van der Waals surface area contributed by atoms with Crippen molar-refractivity contribution in [3.63, 3.8) is 0 Å². The van der Waals surface area contributed by atoms with E-state index in [1.807, 2.05) is 0 Å². The number of nitrogens with one attached hydrogen (secondary N) is 2. The molecule has 21 heavy (non-hydrogen) atoms. The van der Waals surface area contributed by atoms with E-state index in [4.69, 9.17) is 0 Å². The number of hydrogen-bond donors (Lipinski definition) is 2. The maximum Gasteiger partial charge on any atom is 0.344 e. The lowest BCUT2D eigenvalue weighted by Gasteiger charge is -2.08. The number of nitrogens with zero attached hydrogens (tertiary/aromatic N) is 3. The van der Waals surface area contributed by atoms with Crippen LogP contribution < -0.4 is 11.0 Å². The van der Waals surface area contributed by atoms with E-state index in [-0.39, 0.29) is 22.6 Å². The molecule has 0 bridgehead atoms. The van der Waals surface area contributed by atoms with Crippen LogP contribution in [0.1, 0.15) is 25.8 Å². The molecular formula is C12H13F2N5OS. The fourth-order valence-corrected chi connectivity index (χ4v) is 2.80. The molecular weight excluding hydrogens is 300 g/mol. The second-order valence-electron chi connectivity index (χ2n) is 4.65. The zero-order chi connectivity index (χ0) is 15.0. The maximum absolute atomic E-state index is 13.8. The highest BCUT2D eigenvalue weighted by molar-refractivity contribution is 7.99. The van der Waals surface area contributed by atoms with Crippen molar-refractivity contribution in [1.82, 2.24) is 19.7 Å². The summed E-state index contributed by atoms with van der Waals surface area (Å²) >= 11 is 0.907. The summed E-state index contributed by atoms with van der Waals surface area (Å²) in [6, 6.07) is 0.884. The molecule has 9 heteroatoms. The highest BCUT2D eigenvalue weighted by Crippen LogP contribution is 2.38. The third-order valence-corrected chi connectivity index (χ3v) is 3.96. The summed E-state index contributed by atoms with van der Waals surface area (Å²) in [5.74, 6) is -1.55. The maximum atomic E-state index is 13.8. The van der Waals surface area contributed by atoms with Gasteiger partial charge in [0.1, 0.15) is 5.03 Å². The van der Waals surface area contributed by atoms with Crippen LogP contribution in [-0.4, -0.2) is 26.3 Å². The predicted octanol–water partition coefficient (Wildman–Crippen LogP) is 2.16. The highest BCUT2D eigenvalue weighted by atomic mass is 32.2. The molecule has 1 aliphatic rings. The SMILES string of the molecule is CCNc1nc(Sc2n[nH]c(=O)n2C2CC2)c(F)cc1F. The molecule has 0 aromatic carbocycles. The van der Waals surface area contributed by atoms with Crippen molar-refractivity contribution in [3.8, 4) is 0 Å². The van der Waals surface area contributed by atoms with E-state index in [1.165, 1.54) is 4.57 Å². The Balaban J connectivity index is 1.94. The summed E-state index contributed by atoms with van der Waals surface area (Å²) in [5, 5.41) is 9.26. The summed E-state index contributed by atoms with van der Waals surface area (Å²) in [5.41, 5.74) is -0.325. The van der Waals surface area contributed by atoms with Gasteiger partial charge in [0.25, 0.3) is 0 Å². The van der Waals surface area contributed by atoms with E-state index in [2.05, 4.69) is 20.5 Å². The monoisotopic (exact) mass is 313 g/mol. The second kappa shape index (κ2) is 5.47. The first-order valence-electron chi connectivity index (χ1n) is 6.54. The van der Waals surface area contributed by atoms with Gasteiger partial charge in [-0.1, -0.05) is 0 Å². The molecule has 112 valence electrons. The average molecular weight is 313 g/mol. The molecule has 2 N–H and O–H groups in total. The number of aromatic amines is 1. The molecule has 3 rings (SSSR count). The lowest BCUT2D eigenvalue weighted by atomic mass is 10.4. The Bertz CT molecular complexity index is 725. The minimum absolute atomic E-state index is 0.0164. The fourth-order valence-electron chi connectivity index (χ4n) is 1.92. The molecule has 0 saturated heterocycles. The Labute approximate surface area is 123 Å². The topological polar surface area (TPSA) is 75.6 Å². The Hall–Kier alpha value is -1.90. The number of halogens is 2. The second-order valence-corrected chi connectivity index (χ2v) is 5.61. The quantitative estimate of drug-likeness (QED) is 0.885. The van der Waals surface area contributed by atoms with Crippen molar-refractivity contribution >= 4 is 17.6 Å². The van der Waals surface area contributed by atoms with Gasteiger partial charge in [-0.25, -0.2) is 23.7 Å². The summed E-state index contributed by atoms with van der Waals surface area (Å²) in [4.78, 5) is 15.6.